The number of ether oxygens (including phenoxy) is 2. The fourth-order valence-corrected chi connectivity index (χ4v) is 2.93. The molecule has 130 valence electrons. The van der Waals surface area contributed by atoms with E-state index < -0.39 is 24.6 Å². The summed E-state index contributed by atoms with van der Waals surface area (Å²) in [6, 6.07) is 8.11. The van der Waals surface area contributed by atoms with E-state index in [1.807, 2.05) is 6.07 Å². The maximum atomic E-state index is 11.9. The predicted molar refractivity (Wildman–Crippen MR) is 95.2 cm³/mol. The van der Waals surface area contributed by atoms with Crippen LogP contribution in [0.4, 0.5) is 5.00 Å². The SMILES string of the molecule is C[C@H](Oc1ccc(Cl)cc1Cl)C(=O)OCC(=O)Nc1sccc1C#N. The fourth-order valence-electron chi connectivity index (χ4n) is 1.72. The van der Waals surface area contributed by atoms with Crippen LogP contribution in [0, 0.1) is 11.3 Å². The molecule has 0 saturated heterocycles. The number of nitrogens with zero attached hydrogens (tertiary/aromatic N) is 1. The van der Waals surface area contributed by atoms with E-state index in [0.29, 0.717) is 15.6 Å². The highest BCUT2D eigenvalue weighted by molar-refractivity contribution is 7.14. The Labute approximate surface area is 157 Å². The van der Waals surface area contributed by atoms with Gasteiger partial charge in [0.1, 0.15) is 16.8 Å². The molecule has 6 nitrogen and oxygen atoms in total. The summed E-state index contributed by atoms with van der Waals surface area (Å²) >= 11 is 13.0. The molecule has 0 saturated carbocycles. The van der Waals surface area contributed by atoms with Gasteiger partial charge in [-0.05, 0) is 36.6 Å². The summed E-state index contributed by atoms with van der Waals surface area (Å²) in [5.41, 5.74) is 0.346. The highest BCUT2D eigenvalue weighted by Crippen LogP contribution is 2.28. The van der Waals surface area contributed by atoms with E-state index in [0.717, 1.165) is 0 Å². The maximum Gasteiger partial charge on any atom is 0.347 e. The molecule has 1 aromatic carbocycles. The number of rotatable bonds is 6. The first-order valence-corrected chi connectivity index (χ1v) is 8.60. The van der Waals surface area contributed by atoms with Crippen LogP contribution >= 0.6 is 34.5 Å². The van der Waals surface area contributed by atoms with Crippen molar-refractivity contribution >= 4 is 51.4 Å². The van der Waals surface area contributed by atoms with E-state index in [-0.39, 0.29) is 10.8 Å². The highest BCUT2D eigenvalue weighted by Gasteiger charge is 2.19. The minimum absolute atomic E-state index is 0.256. The minimum atomic E-state index is -0.970. The molecular weight excluding hydrogens is 387 g/mol. The smallest absolute Gasteiger partial charge is 0.347 e. The van der Waals surface area contributed by atoms with Crippen LogP contribution in [0.5, 0.6) is 5.75 Å². The van der Waals surface area contributed by atoms with Crippen LogP contribution in [0.2, 0.25) is 10.0 Å². The Hall–Kier alpha value is -2.27. The van der Waals surface area contributed by atoms with Gasteiger partial charge in [0.15, 0.2) is 12.7 Å². The summed E-state index contributed by atoms with van der Waals surface area (Å²) in [6.07, 6.45) is -0.970. The van der Waals surface area contributed by atoms with Crippen molar-refractivity contribution < 1.29 is 19.1 Å². The van der Waals surface area contributed by atoms with Crippen LogP contribution in [0.25, 0.3) is 0 Å². The van der Waals surface area contributed by atoms with E-state index in [2.05, 4.69) is 5.32 Å². The van der Waals surface area contributed by atoms with Crippen LogP contribution in [0.1, 0.15) is 12.5 Å². The monoisotopic (exact) mass is 398 g/mol. The number of carbonyl (C=O) groups excluding carboxylic acids is 2. The lowest BCUT2D eigenvalue weighted by Gasteiger charge is -2.15. The third-order valence-corrected chi connectivity index (χ3v) is 4.27. The number of esters is 1. The van der Waals surface area contributed by atoms with Crippen molar-refractivity contribution in [2.45, 2.75) is 13.0 Å². The molecule has 0 unspecified atom stereocenters. The van der Waals surface area contributed by atoms with Gasteiger partial charge in [-0.1, -0.05) is 23.2 Å². The van der Waals surface area contributed by atoms with Crippen molar-refractivity contribution in [1.29, 1.82) is 5.26 Å². The lowest BCUT2D eigenvalue weighted by atomic mass is 10.3. The van der Waals surface area contributed by atoms with Crippen LogP contribution in [0.3, 0.4) is 0 Å². The van der Waals surface area contributed by atoms with Gasteiger partial charge < -0.3 is 14.8 Å². The average molecular weight is 399 g/mol. The number of hydrogen-bond donors (Lipinski definition) is 1. The summed E-state index contributed by atoms with van der Waals surface area (Å²) in [5, 5.41) is 14.2. The van der Waals surface area contributed by atoms with Gasteiger partial charge in [-0.15, -0.1) is 11.3 Å². The van der Waals surface area contributed by atoms with Gasteiger partial charge in [0, 0.05) is 5.02 Å². The Balaban J connectivity index is 1.84. The molecule has 0 radical (unpaired) electrons. The first-order valence-electron chi connectivity index (χ1n) is 6.96. The molecule has 0 aliphatic carbocycles. The summed E-state index contributed by atoms with van der Waals surface area (Å²) in [4.78, 5) is 23.7. The molecule has 1 aromatic heterocycles. The normalized spacial score (nSPS) is 11.3. The largest absolute Gasteiger partial charge is 0.477 e. The van der Waals surface area contributed by atoms with E-state index in [4.69, 9.17) is 37.9 Å². The standard InChI is InChI=1S/C16H12Cl2N2O4S/c1-9(24-13-3-2-11(17)6-12(13)18)16(22)23-8-14(21)20-15-10(7-19)4-5-25-15/h2-6,9H,8H2,1H3,(H,20,21)/t9-/m0/s1. The van der Waals surface area contributed by atoms with Crippen molar-refractivity contribution in [3.63, 3.8) is 0 Å². The molecule has 0 aliphatic heterocycles. The van der Waals surface area contributed by atoms with Gasteiger partial charge in [0.05, 0.1) is 10.6 Å². The molecule has 1 amide bonds. The zero-order valence-corrected chi connectivity index (χ0v) is 15.2. The van der Waals surface area contributed by atoms with E-state index in [9.17, 15) is 9.59 Å². The second-order valence-electron chi connectivity index (χ2n) is 4.77. The molecule has 2 rings (SSSR count). The van der Waals surface area contributed by atoms with E-state index in [1.54, 1.807) is 17.5 Å². The van der Waals surface area contributed by atoms with Crippen molar-refractivity contribution in [1.82, 2.24) is 0 Å². The van der Waals surface area contributed by atoms with Crippen LogP contribution in [0.15, 0.2) is 29.6 Å². The number of nitrogens with one attached hydrogen (secondary N) is 1. The van der Waals surface area contributed by atoms with Crippen LogP contribution < -0.4 is 10.1 Å². The molecule has 0 bridgehead atoms. The Morgan fingerprint density at radius 1 is 1.36 bits per heavy atom. The highest BCUT2D eigenvalue weighted by atomic mass is 35.5. The molecule has 0 fully saturated rings. The topological polar surface area (TPSA) is 88.4 Å². The molecule has 2 aromatic rings. The average Bonchev–Trinajstić information content (AvgIpc) is 3.02. The van der Waals surface area contributed by atoms with Gasteiger partial charge in [0.2, 0.25) is 0 Å². The van der Waals surface area contributed by atoms with Gasteiger partial charge in [-0.2, -0.15) is 5.26 Å². The summed E-state index contributed by atoms with van der Waals surface area (Å²) < 4.78 is 10.3. The molecule has 1 heterocycles. The number of anilines is 1. The number of benzene rings is 1. The summed E-state index contributed by atoms with van der Waals surface area (Å²) in [5.74, 6) is -1.01. The maximum absolute atomic E-state index is 11.9. The predicted octanol–water partition coefficient (Wildman–Crippen LogP) is 3.88. The molecule has 0 spiro atoms. The number of nitriles is 1. The first-order chi connectivity index (χ1) is 11.9. The van der Waals surface area contributed by atoms with Crippen LogP contribution in [-0.4, -0.2) is 24.6 Å². The number of halogens is 2. The Kier molecular flexibility index (Phi) is 6.65. The third-order valence-electron chi connectivity index (χ3n) is 2.91. The van der Waals surface area contributed by atoms with Gasteiger partial charge >= 0.3 is 5.97 Å². The number of thiophene rings is 1. The molecule has 9 heteroatoms. The molecule has 25 heavy (non-hydrogen) atoms. The fraction of sp³-hybridized carbons (Fsp3) is 0.188. The minimum Gasteiger partial charge on any atom is -0.477 e. The summed E-state index contributed by atoms with van der Waals surface area (Å²) in [7, 11) is 0. The molecule has 1 atom stereocenters. The van der Waals surface area contributed by atoms with Crippen molar-refractivity contribution in [2.75, 3.05) is 11.9 Å². The first kappa shape index (κ1) is 19.1. The molecule has 1 N–H and O–H groups in total. The van der Waals surface area contributed by atoms with E-state index in [1.165, 1.54) is 30.4 Å². The zero-order chi connectivity index (χ0) is 18.4. The number of carbonyl (C=O) groups is 2. The quantitative estimate of drug-likeness (QED) is 0.745. The van der Waals surface area contributed by atoms with Gasteiger partial charge in [0.25, 0.3) is 5.91 Å². The van der Waals surface area contributed by atoms with Gasteiger partial charge in [-0.3, -0.25) is 4.79 Å². The van der Waals surface area contributed by atoms with Gasteiger partial charge in [-0.25, -0.2) is 4.79 Å². The third kappa shape index (κ3) is 5.36. The summed E-state index contributed by atoms with van der Waals surface area (Å²) in [6.45, 7) is 0.974. The van der Waals surface area contributed by atoms with Crippen LogP contribution in [-0.2, 0) is 14.3 Å². The second kappa shape index (κ2) is 8.72. The number of amides is 1. The number of hydrogen-bond acceptors (Lipinski definition) is 6. The molecule has 0 aliphatic rings. The zero-order valence-electron chi connectivity index (χ0n) is 12.9. The second-order valence-corrected chi connectivity index (χ2v) is 6.53. The Morgan fingerprint density at radius 2 is 2.12 bits per heavy atom. The lowest BCUT2D eigenvalue weighted by Crippen LogP contribution is -2.29. The lowest BCUT2D eigenvalue weighted by molar-refractivity contribution is -0.153. The Morgan fingerprint density at radius 3 is 2.80 bits per heavy atom. The van der Waals surface area contributed by atoms with Crippen molar-refractivity contribution in [3.8, 4) is 11.8 Å². The molecular formula is C16H12Cl2N2O4S. The Bertz CT molecular complexity index is 832. The van der Waals surface area contributed by atoms with Crippen molar-refractivity contribution in [2.24, 2.45) is 0 Å². The van der Waals surface area contributed by atoms with Crippen molar-refractivity contribution in [3.05, 3.63) is 45.3 Å². The van der Waals surface area contributed by atoms with E-state index >= 15 is 0 Å².